The quantitative estimate of drug-likeness (QED) is 0.278. The minimum absolute atomic E-state index is 0.116. The van der Waals surface area contributed by atoms with Gasteiger partial charge in [-0.15, -0.1) is 11.3 Å². The Balaban J connectivity index is 1.73. The lowest BCUT2D eigenvalue weighted by Crippen LogP contribution is -2.61. The Kier molecular flexibility index (Phi) is 11.3. The Morgan fingerprint density at radius 2 is 1.73 bits per heavy atom. The van der Waals surface area contributed by atoms with Crippen molar-refractivity contribution in [3.63, 3.8) is 0 Å². The van der Waals surface area contributed by atoms with Crippen LogP contribution in [0.4, 0.5) is 0 Å². The second-order valence-electron chi connectivity index (χ2n) is 10.0. The second-order valence-corrected chi connectivity index (χ2v) is 12.3. The van der Waals surface area contributed by atoms with Gasteiger partial charge in [-0.2, -0.15) is 0 Å². The topological polar surface area (TPSA) is 128 Å². The summed E-state index contributed by atoms with van der Waals surface area (Å²) in [5.74, 6) is -1.62. The lowest BCUT2D eigenvalue weighted by atomic mass is 9.94. The number of nitrogens with one attached hydrogen (secondary N) is 2. The molecule has 1 aromatic heterocycles. The third-order valence-electron chi connectivity index (χ3n) is 6.58. The van der Waals surface area contributed by atoms with E-state index in [1.165, 1.54) is 18.3 Å². The van der Waals surface area contributed by atoms with Crippen molar-refractivity contribution < 1.29 is 33.4 Å². The van der Waals surface area contributed by atoms with Gasteiger partial charge >= 0.3 is 11.9 Å². The van der Waals surface area contributed by atoms with Gasteiger partial charge in [-0.25, -0.2) is 9.59 Å². The van der Waals surface area contributed by atoms with Gasteiger partial charge in [0.1, 0.15) is 22.2 Å². The van der Waals surface area contributed by atoms with Gasteiger partial charge in [0.15, 0.2) is 5.12 Å². The van der Waals surface area contributed by atoms with Gasteiger partial charge in [-0.3, -0.25) is 14.4 Å². The fraction of sp³-hybridized carbons (Fsp3) is 0.483. The van der Waals surface area contributed by atoms with E-state index in [2.05, 4.69) is 10.6 Å². The molecule has 0 aliphatic heterocycles. The number of thioether (sulfide) groups is 1. The van der Waals surface area contributed by atoms with Crippen LogP contribution in [0.3, 0.4) is 0 Å². The monoisotopic (exact) mass is 588 g/mol. The molecule has 0 unspecified atom stereocenters. The highest BCUT2D eigenvalue weighted by Gasteiger charge is 2.45. The smallest absolute Gasteiger partial charge is 0.353 e. The summed E-state index contributed by atoms with van der Waals surface area (Å²) in [5, 5.41) is 6.75. The molecule has 0 bridgehead atoms. The first-order chi connectivity index (χ1) is 19.0. The molecule has 3 rings (SSSR count). The molecule has 1 saturated carbocycles. The summed E-state index contributed by atoms with van der Waals surface area (Å²) in [6.07, 6.45) is 2.49. The van der Waals surface area contributed by atoms with Crippen LogP contribution in [-0.4, -0.2) is 52.3 Å². The minimum Gasteiger partial charge on any atom is -0.464 e. The van der Waals surface area contributed by atoms with Gasteiger partial charge < -0.3 is 20.1 Å². The molecule has 2 atom stereocenters. The van der Waals surface area contributed by atoms with E-state index in [9.17, 15) is 24.0 Å². The summed E-state index contributed by atoms with van der Waals surface area (Å²) in [5.41, 5.74) is -0.455. The van der Waals surface area contributed by atoms with Crippen molar-refractivity contribution in [1.29, 1.82) is 0 Å². The van der Waals surface area contributed by atoms with Crippen LogP contribution in [0.15, 0.2) is 41.8 Å². The highest BCUT2D eigenvalue weighted by atomic mass is 32.2. The zero-order valence-corrected chi connectivity index (χ0v) is 24.8. The third-order valence-corrected chi connectivity index (χ3v) is 8.78. The Morgan fingerprint density at radius 3 is 2.27 bits per heavy atom. The molecule has 1 fully saturated rings. The number of thiophene rings is 1. The summed E-state index contributed by atoms with van der Waals surface area (Å²) >= 11 is 2.24. The highest BCUT2D eigenvalue weighted by molar-refractivity contribution is 8.14. The lowest BCUT2D eigenvalue weighted by molar-refractivity contribution is -0.148. The normalized spacial score (nSPS) is 15.6. The van der Waals surface area contributed by atoms with Crippen LogP contribution in [0.25, 0.3) is 0 Å². The van der Waals surface area contributed by atoms with Crippen molar-refractivity contribution >= 4 is 52.0 Å². The Morgan fingerprint density at radius 1 is 1.05 bits per heavy atom. The Hall–Kier alpha value is -3.18. The average Bonchev–Trinajstić information content (AvgIpc) is 3.61. The van der Waals surface area contributed by atoms with Crippen LogP contribution in [0.1, 0.15) is 68.6 Å². The van der Waals surface area contributed by atoms with Crippen LogP contribution in [0, 0.1) is 5.92 Å². The number of hydrogen-bond donors (Lipinski definition) is 2. The number of ether oxygens (including phenoxy) is 2. The van der Waals surface area contributed by atoms with Crippen molar-refractivity contribution in [3.8, 4) is 5.75 Å². The van der Waals surface area contributed by atoms with E-state index >= 15 is 0 Å². The summed E-state index contributed by atoms with van der Waals surface area (Å²) < 4.78 is 10.6. The first kappa shape index (κ1) is 31.3. The van der Waals surface area contributed by atoms with E-state index < -0.39 is 34.7 Å². The summed E-state index contributed by atoms with van der Waals surface area (Å²) in [7, 11) is 0. The van der Waals surface area contributed by atoms with Crippen molar-refractivity contribution in [2.45, 2.75) is 76.6 Å². The molecule has 1 heterocycles. The first-order valence-corrected chi connectivity index (χ1v) is 15.1. The van der Waals surface area contributed by atoms with Crippen LogP contribution < -0.4 is 15.4 Å². The molecule has 1 aromatic carbocycles. The summed E-state index contributed by atoms with van der Waals surface area (Å²) in [6, 6.07) is 9.14. The maximum absolute atomic E-state index is 13.7. The van der Waals surface area contributed by atoms with E-state index in [0.717, 1.165) is 30.2 Å². The number of amides is 2. The average molecular weight is 589 g/mol. The van der Waals surface area contributed by atoms with E-state index in [1.54, 1.807) is 48.7 Å². The molecule has 1 aliphatic carbocycles. The number of benzene rings is 1. The number of esters is 2. The maximum Gasteiger partial charge on any atom is 0.353 e. The van der Waals surface area contributed by atoms with Crippen LogP contribution in [-0.2, 0) is 30.3 Å². The van der Waals surface area contributed by atoms with Crippen LogP contribution in [0.5, 0.6) is 5.75 Å². The van der Waals surface area contributed by atoms with E-state index in [0.29, 0.717) is 23.5 Å². The van der Waals surface area contributed by atoms with E-state index in [-0.39, 0.29) is 30.0 Å². The summed E-state index contributed by atoms with van der Waals surface area (Å²) in [6.45, 7) is 6.95. The molecular formula is C29H36N2O7S2. The van der Waals surface area contributed by atoms with Crippen LogP contribution in [0.2, 0.25) is 0 Å². The SMILES string of the molecule is CCOC(=O)[C@H](Cc1ccc(OC(=O)c2cccs2)cc1)NC(=O)C1(NC(=O)[C@@H](SC(C)=O)C(C)C)CCCC1. The number of rotatable bonds is 12. The zero-order chi connectivity index (χ0) is 29.3. The standard InChI is InChI=1S/C29H36N2O7S2/c1-5-37-26(34)22(17-20-10-12-21(13-11-20)38-27(35)23-9-8-16-39-23)30-28(36)29(14-6-7-15-29)31-25(33)24(18(2)3)40-19(4)32/h8-13,16,18,22,24H,5-7,14-15,17H2,1-4H3,(H,30,36)(H,31,33)/t22-,24-/m0/s1. The van der Waals surface area contributed by atoms with Crippen molar-refractivity contribution in [2.24, 2.45) is 5.92 Å². The number of carbonyl (C=O) groups excluding carboxylic acids is 5. The fourth-order valence-electron chi connectivity index (χ4n) is 4.58. The van der Waals surface area contributed by atoms with Gasteiger partial charge in [0.25, 0.3) is 0 Å². The molecule has 0 saturated heterocycles. The Labute approximate surface area is 242 Å². The predicted octanol–water partition coefficient (Wildman–Crippen LogP) is 4.29. The van der Waals surface area contributed by atoms with Gasteiger partial charge in [-0.1, -0.05) is 56.7 Å². The van der Waals surface area contributed by atoms with Crippen molar-refractivity contribution in [3.05, 3.63) is 52.2 Å². The molecule has 2 aromatic rings. The van der Waals surface area contributed by atoms with Crippen LogP contribution >= 0.6 is 23.1 Å². The van der Waals surface area contributed by atoms with Crippen molar-refractivity contribution in [2.75, 3.05) is 6.61 Å². The van der Waals surface area contributed by atoms with Gasteiger partial charge in [0.05, 0.1) is 11.9 Å². The Bertz CT molecular complexity index is 1190. The number of carbonyl (C=O) groups is 5. The molecule has 216 valence electrons. The molecule has 1 aliphatic rings. The van der Waals surface area contributed by atoms with Gasteiger partial charge in [-0.05, 0) is 54.8 Å². The molecule has 40 heavy (non-hydrogen) atoms. The minimum atomic E-state index is -1.17. The first-order valence-electron chi connectivity index (χ1n) is 13.4. The van der Waals surface area contributed by atoms with E-state index in [1.807, 2.05) is 13.8 Å². The number of hydrogen-bond acceptors (Lipinski definition) is 9. The fourth-order valence-corrected chi connectivity index (χ4v) is 5.97. The zero-order valence-electron chi connectivity index (χ0n) is 23.2. The molecule has 0 spiro atoms. The molecule has 2 amide bonds. The molecule has 0 radical (unpaired) electrons. The predicted molar refractivity (Wildman–Crippen MR) is 154 cm³/mol. The van der Waals surface area contributed by atoms with Gasteiger partial charge in [0.2, 0.25) is 11.8 Å². The molecule has 9 nitrogen and oxygen atoms in total. The lowest BCUT2D eigenvalue weighted by Gasteiger charge is -2.33. The molecule has 11 heteroatoms. The third kappa shape index (κ3) is 8.41. The van der Waals surface area contributed by atoms with Gasteiger partial charge in [0, 0.05) is 13.3 Å². The largest absolute Gasteiger partial charge is 0.464 e. The highest BCUT2D eigenvalue weighted by Crippen LogP contribution is 2.32. The second kappa shape index (κ2) is 14.5. The molecular weight excluding hydrogens is 552 g/mol. The maximum atomic E-state index is 13.7. The van der Waals surface area contributed by atoms with Crippen molar-refractivity contribution in [1.82, 2.24) is 10.6 Å². The van der Waals surface area contributed by atoms with E-state index in [4.69, 9.17) is 9.47 Å². The summed E-state index contributed by atoms with van der Waals surface area (Å²) in [4.78, 5) is 64.1. The molecule has 2 N–H and O–H groups in total.